The summed E-state index contributed by atoms with van der Waals surface area (Å²) in [6, 6.07) is 22.3. The maximum atomic E-state index is 12.2. The van der Waals surface area contributed by atoms with Crippen molar-refractivity contribution in [1.29, 1.82) is 0 Å². The van der Waals surface area contributed by atoms with E-state index in [2.05, 4.69) is 41.4 Å². The van der Waals surface area contributed by atoms with E-state index in [4.69, 9.17) is 17.0 Å². The summed E-state index contributed by atoms with van der Waals surface area (Å²) in [6.45, 7) is 3.40. The van der Waals surface area contributed by atoms with Crippen LogP contribution >= 0.6 is 23.6 Å². The van der Waals surface area contributed by atoms with Crippen LogP contribution in [0.25, 0.3) is 0 Å². The Morgan fingerprint density at radius 2 is 1.59 bits per heavy atom. The molecule has 150 valence electrons. The van der Waals surface area contributed by atoms with Crippen molar-refractivity contribution in [2.45, 2.75) is 26.4 Å². The van der Waals surface area contributed by atoms with E-state index >= 15 is 0 Å². The molecule has 0 unspecified atom stereocenters. The van der Waals surface area contributed by atoms with Gasteiger partial charge < -0.3 is 15.0 Å². The lowest BCUT2D eigenvalue weighted by Gasteiger charge is -2.26. The second-order valence-electron chi connectivity index (χ2n) is 6.56. The fourth-order valence-corrected chi connectivity index (χ4v) is 4.23. The molecule has 0 saturated heterocycles. The van der Waals surface area contributed by atoms with Crippen molar-refractivity contribution in [3.05, 3.63) is 88.3 Å². The summed E-state index contributed by atoms with van der Waals surface area (Å²) >= 11 is 7.29. The summed E-state index contributed by atoms with van der Waals surface area (Å²) in [5.41, 5.74) is 2.86. The SMILES string of the molecule is CCc1cc(C(=O)OC)c(NC(=S)N(Cc2ccccc2)Cc2ccccc2)s1. The highest BCUT2D eigenvalue weighted by Crippen LogP contribution is 2.30. The zero-order valence-corrected chi connectivity index (χ0v) is 18.2. The van der Waals surface area contributed by atoms with Crippen molar-refractivity contribution >= 4 is 39.6 Å². The van der Waals surface area contributed by atoms with Crippen LogP contribution in [-0.4, -0.2) is 23.1 Å². The quantitative estimate of drug-likeness (QED) is 0.401. The van der Waals surface area contributed by atoms with E-state index < -0.39 is 0 Å². The lowest BCUT2D eigenvalue weighted by atomic mass is 10.2. The first kappa shape index (κ1) is 21.0. The third-order valence-electron chi connectivity index (χ3n) is 4.48. The molecule has 2 aromatic carbocycles. The number of rotatable bonds is 7. The number of anilines is 1. The standard InChI is InChI=1S/C23H24N2O2S2/c1-3-19-14-20(22(26)27-2)21(29-19)24-23(28)25(15-17-10-6-4-7-11-17)16-18-12-8-5-9-13-18/h4-14H,3,15-16H2,1-2H3,(H,24,28). The minimum absolute atomic E-state index is 0.357. The Kier molecular flexibility index (Phi) is 7.38. The molecule has 0 spiro atoms. The number of nitrogens with one attached hydrogen (secondary N) is 1. The number of methoxy groups -OCH3 is 1. The summed E-state index contributed by atoms with van der Waals surface area (Å²) < 4.78 is 4.94. The number of carbonyl (C=O) groups excluding carboxylic acids is 1. The zero-order chi connectivity index (χ0) is 20.6. The molecule has 0 atom stereocenters. The molecule has 0 bridgehead atoms. The van der Waals surface area contributed by atoms with E-state index in [0.717, 1.165) is 16.3 Å². The molecule has 1 heterocycles. The Hall–Kier alpha value is -2.70. The van der Waals surface area contributed by atoms with E-state index in [-0.39, 0.29) is 5.97 Å². The fourth-order valence-electron chi connectivity index (χ4n) is 2.95. The van der Waals surface area contributed by atoms with Crippen LogP contribution in [0.2, 0.25) is 0 Å². The first-order chi connectivity index (χ1) is 14.1. The van der Waals surface area contributed by atoms with E-state index in [1.165, 1.54) is 29.6 Å². The number of thiocarbonyl (C=S) groups is 1. The normalized spacial score (nSPS) is 10.4. The van der Waals surface area contributed by atoms with Crippen LogP contribution in [0.1, 0.15) is 33.3 Å². The number of carbonyl (C=O) groups is 1. The molecule has 1 aromatic heterocycles. The van der Waals surface area contributed by atoms with Gasteiger partial charge in [-0.05, 0) is 35.8 Å². The van der Waals surface area contributed by atoms with E-state index in [9.17, 15) is 4.79 Å². The maximum absolute atomic E-state index is 12.2. The topological polar surface area (TPSA) is 41.6 Å². The van der Waals surface area contributed by atoms with Gasteiger partial charge in [-0.25, -0.2) is 4.79 Å². The largest absolute Gasteiger partial charge is 0.465 e. The van der Waals surface area contributed by atoms with E-state index in [1.807, 2.05) is 42.5 Å². The molecule has 0 amide bonds. The molecule has 1 N–H and O–H groups in total. The lowest BCUT2D eigenvalue weighted by molar-refractivity contribution is 0.0602. The summed E-state index contributed by atoms with van der Waals surface area (Å²) in [6.07, 6.45) is 0.848. The van der Waals surface area contributed by atoms with Gasteiger partial charge in [-0.2, -0.15) is 0 Å². The number of thiophene rings is 1. The monoisotopic (exact) mass is 424 g/mol. The average Bonchev–Trinajstić information content (AvgIpc) is 3.17. The first-order valence-corrected chi connectivity index (χ1v) is 10.7. The average molecular weight is 425 g/mol. The molecule has 4 nitrogen and oxygen atoms in total. The predicted octanol–water partition coefficient (Wildman–Crippen LogP) is 5.50. The summed E-state index contributed by atoms with van der Waals surface area (Å²) in [5, 5.41) is 4.60. The molecule has 0 saturated carbocycles. The second-order valence-corrected chi connectivity index (χ2v) is 8.08. The van der Waals surface area contributed by atoms with Crippen molar-refractivity contribution in [1.82, 2.24) is 4.90 Å². The van der Waals surface area contributed by atoms with Gasteiger partial charge >= 0.3 is 5.97 Å². The first-order valence-electron chi connectivity index (χ1n) is 9.45. The Bertz CT molecular complexity index is 914. The Morgan fingerprint density at radius 3 is 2.07 bits per heavy atom. The predicted molar refractivity (Wildman–Crippen MR) is 123 cm³/mol. The highest BCUT2D eigenvalue weighted by atomic mass is 32.1. The van der Waals surface area contributed by atoms with Crippen molar-refractivity contribution < 1.29 is 9.53 Å². The fraction of sp³-hybridized carbons (Fsp3) is 0.217. The number of nitrogens with zero attached hydrogens (tertiary/aromatic N) is 1. The van der Waals surface area contributed by atoms with Gasteiger partial charge in [0.2, 0.25) is 0 Å². The molecule has 3 aromatic rings. The van der Waals surface area contributed by atoms with Crippen molar-refractivity contribution in [3.63, 3.8) is 0 Å². The molecule has 6 heteroatoms. The molecule has 29 heavy (non-hydrogen) atoms. The van der Waals surface area contributed by atoms with Crippen LogP contribution in [0.4, 0.5) is 5.00 Å². The van der Waals surface area contributed by atoms with E-state index in [1.54, 1.807) is 0 Å². The zero-order valence-electron chi connectivity index (χ0n) is 16.6. The molecule has 0 aliphatic rings. The summed E-state index contributed by atoms with van der Waals surface area (Å²) in [5.74, 6) is -0.357. The van der Waals surface area contributed by atoms with Gasteiger partial charge in [0.25, 0.3) is 0 Å². The molecular formula is C23H24N2O2S2. The number of hydrogen-bond donors (Lipinski definition) is 1. The minimum Gasteiger partial charge on any atom is -0.465 e. The second kappa shape index (κ2) is 10.2. The number of ether oxygens (including phenoxy) is 1. The number of benzene rings is 2. The van der Waals surface area contributed by atoms with Gasteiger partial charge in [0.15, 0.2) is 5.11 Å². The van der Waals surface area contributed by atoms with Gasteiger partial charge in [0, 0.05) is 18.0 Å². The third-order valence-corrected chi connectivity index (χ3v) is 6.03. The van der Waals surface area contributed by atoms with Gasteiger partial charge in [-0.3, -0.25) is 0 Å². The Morgan fingerprint density at radius 1 is 1.03 bits per heavy atom. The van der Waals surface area contributed by atoms with Gasteiger partial charge in [-0.15, -0.1) is 11.3 Å². The highest BCUT2D eigenvalue weighted by Gasteiger charge is 2.19. The van der Waals surface area contributed by atoms with Crippen LogP contribution in [0.3, 0.4) is 0 Å². The molecule has 0 aliphatic carbocycles. The molecular weight excluding hydrogens is 400 g/mol. The highest BCUT2D eigenvalue weighted by molar-refractivity contribution is 7.80. The number of hydrogen-bond acceptors (Lipinski definition) is 4. The van der Waals surface area contributed by atoms with Crippen molar-refractivity contribution in [3.8, 4) is 0 Å². The summed E-state index contributed by atoms with van der Waals surface area (Å²) in [7, 11) is 1.39. The maximum Gasteiger partial charge on any atom is 0.340 e. The van der Waals surface area contributed by atoms with Gasteiger partial charge in [0.1, 0.15) is 5.00 Å². The van der Waals surface area contributed by atoms with E-state index in [0.29, 0.717) is 23.8 Å². The summed E-state index contributed by atoms with van der Waals surface area (Å²) in [4.78, 5) is 15.4. The van der Waals surface area contributed by atoms with Crippen molar-refractivity contribution in [2.75, 3.05) is 12.4 Å². The molecule has 0 aliphatic heterocycles. The van der Waals surface area contributed by atoms with Gasteiger partial charge in [-0.1, -0.05) is 67.6 Å². The Balaban J connectivity index is 1.84. The minimum atomic E-state index is -0.357. The smallest absolute Gasteiger partial charge is 0.340 e. The van der Waals surface area contributed by atoms with Crippen LogP contribution < -0.4 is 5.32 Å². The Labute approximate surface area is 181 Å². The molecule has 0 radical (unpaired) electrons. The molecule has 0 fully saturated rings. The third kappa shape index (κ3) is 5.65. The van der Waals surface area contributed by atoms with Gasteiger partial charge in [0.05, 0.1) is 12.7 Å². The van der Waals surface area contributed by atoms with Crippen molar-refractivity contribution in [2.24, 2.45) is 0 Å². The van der Waals surface area contributed by atoms with Crippen LogP contribution in [0.5, 0.6) is 0 Å². The molecule has 3 rings (SSSR count). The van der Waals surface area contributed by atoms with Crippen LogP contribution in [-0.2, 0) is 24.2 Å². The number of aryl methyl sites for hydroxylation is 1. The van der Waals surface area contributed by atoms with Crippen LogP contribution in [0, 0.1) is 0 Å². The van der Waals surface area contributed by atoms with Crippen LogP contribution in [0.15, 0.2) is 66.7 Å². The number of esters is 1. The lowest BCUT2D eigenvalue weighted by Crippen LogP contribution is -2.34.